The Balaban J connectivity index is 1.88. The number of hydrogen-bond acceptors (Lipinski definition) is 5. The standard InChI is InChI=1S/C17H15ClN2O4S2/c1-24-14-4-3-5-15-13(14)9-16(25-15)17(21)19-11-6-10(18)7-12(8-11)20-26(2,22)23/h3-9,20H,1-2H3,(H,19,21). The molecule has 2 aromatic carbocycles. The van der Waals surface area contributed by atoms with E-state index in [1.54, 1.807) is 19.2 Å². The topological polar surface area (TPSA) is 84.5 Å². The van der Waals surface area contributed by atoms with Crippen molar-refractivity contribution in [3.05, 3.63) is 52.4 Å². The van der Waals surface area contributed by atoms with Crippen molar-refractivity contribution in [3.8, 4) is 5.75 Å². The fraction of sp³-hybridized carbons (Fsp3) is 0.118. The summed E-state index contributed by atoms with van der Waals surface area (Å²) in [5, 5.41) is 3.89. The molecule has 2 N–H and O–H groups in total. The predicted molar refractivity (Wildman–Crippen MR) is 106 cm³/mol. The molecule has 0 radical (unpaired) electrons. The summed E-state index contributed by atoms with van der Waals surface area (Å²) >= 11 is 7.35. The number of sulfonamides is 1. The van der Waals surface area contributed by atoms with Gasteiger partial charge in [-0.15, -0.1) is 11.3 Å². The third-order valence-electron chi connectivity index (χ3n) is 3.42. The number of amides is 1. The molecule has 0 bridgehead atoms. The van der Waals surface area contributed by atoms with Gasteiger partial charge in [-0.3, -0.25) is 9.52 Å². The van der Waals surface area contributed by atoms with Gasteiger partial charge in [0.25, 0.3) is 5.91 Å². The molecule has 0 spiro atoms. The van der Waals surface area contributed by atoms with E-state index >= 15 is 0 Å². The molecule has 0 saturated heterocycles. The Morgan fingerprint density at radius 1 is 1.15 bits per heavy atom. The Hall–Kier alpha value is -2.29. The number of thiophene rings is 1. The molecule has 9 heteroatoms. The number of carbonyl (C=O) groups excluding carboxylic acids is 1. The minimum atomic E-state index is -3.45. The predicted octanol–water partition coefficient (Wildman–Crippen LogP) is 4.19. The monoisotopic (exact) mass is 410 g/mol. The van der Waals surface area contributed by atoms with Crippen molar-refractivity contribution in [2.75, 3.05) is 23.4 Å². The molecule has 3 aromatic rings. The van der Waals surface area contributed by atoms with Crippen LogP contribution < -0.4 is 14.8 Å². The highest BCUT2D eigenvalue weighted by Gasteiger charge is 2.14. The summed E-state index contributed by atoms with van der Waals surface area (Å²) < 4.78 is 31.3. The highest BCUT2D eigenvalue weighted by molar-refractivity contribution is 7.92. The smallest absolute Gasteiger partial charge is 0.265 e. The lowest BCUT2D eigenvalue weighted by Gasteiger charge is -2.09. The second kappa shape index (κ2) is 7.14. The summed E-state index contributed by atoms with van der Waals surface area (Å²) in [4.78, 5) is 13.1. The zero-order valence-electron chi connectivity index (χ0n) is 13.9. The Morgan fingerprint density at radius 3 is 2.58 bits per heavy atom. The van der Waals surface area contributed by atoms with Crippen LogP contribution in [0.1, 0.15) is 9.67 Å². The minimum absolute atomic E-state index is 0.272. The normalized spacial score (nSPS) is 11.3. The number of fused-ring (bicyclic) bond motifs is 1. The van der Waals surface area contributed by atoms with Crippen LogP contribution in [0.25, 0.3) is 10.1 Å². The molecule has 0 atom stereocenters. The van der Waals surface area contributed by atoms with Gasteiger partial charge in [0, 0.05) is 20.8 Å². The van der Waals surface area contributed by atoms with E-state index in [2.05, 4.69) is 10.0 Å². The van der Waals surface area contributed by atoms with E-state index in [4.69, 9.17) is 16.3 Å². The van der Waals surface area contributed by atoms with Crippen molar-refractivity contribution in [1.82, 2.24) is 0 Å². The van der Waals surface area contributed by atoms with Crippen LogP contribution >= 0.6 is 22.9 Å². The van der Waals surface area contributed by atoms with Crippen molar-refractivity contribution in [1.29, 1.82) is 0 Å². The molecule has 0 unspecified atom stereocenters. The van der Waals surface area contributed by atoms with Crippen molar-refractivity contribution in [2.45, 2.75) is 0 Å². The molecule has 136 valence electrons. The Morgan fingerprint density at radius 2 is 1.88 bits per heavy atom. The summed E-state index contributed by atoms with van der Waals surface area (Å²) in [7, 11) is -1.87. The molecular formula is C17H15ClN2O4S2. The highest BCUT2D eigenvalue weighted by Crippen LogP contribution is 2.33. The number of halogens is 1. The molecule has 1 aromatic heterocycles. The lowest BCUT2D eigenvalue weighted by molar-refractivity contribution is 0.103. The quantitative estimate of drug-likeness (QED) is 0.660. The largest absolute Gasteiger partial charge is 0.496 e. The molecule has 0 fully saturated rings. The van der Waals surface area contributed by atoms with E-state index in [9.17, 15) is 13.2 Å². The fourth-order valence-electron chi connectivity index (χ4n) is 2.45. The molecule has 26 heavy (non-hydrogen) atoms. The molecule has 0 aliphatic carbocycles. The van der Waals surface area contributed by atoms with Crippen LogP contribution in [0.4, 0.5) is 11.4 Å². The van der Waals surface area contributed by atoms with E-state index in [0.29, 0.717) is 21.3 Å². The molecule has 0 saturated carbocycles. The third-order valence-corrected chi connectivity index (χ3v) is 5.35. The fourth-order valence-corrected chi connectivity index (χ4v) is 4.21. The van der Waals surface area contributed by atoms with Crippen LogP contribution in [0.2, 0.25) is 5.02 Å². The number of nitrogens with one attached hydrogen (secondary N) is 2. The molecule has 1 heterocycles. The first-order chi connectivity index (χ1) is 12.2. The Kier molecular flexibility index (Phi) is 5.08. The molecule has 0 aliphatic heterocycles. The van der Waals surface area contributed by atoms with Gasteiger partial charge in [0.15, 0.2) is 0 Å². The maximum absolute atomic E-state index is 12.6. The lowest BCUT2D eigenvalue weighted by Crippen LogP contribution is -2.12. The molecule has 6 nitrogen and oxygen atoms in total. The first-order valence-electron chi connectivity index (χ1n) is 7.41. The first-order valence-corrected chi connectivity index (χ1v) is 10.5. The molecule has 1 amide bonds. The lowest BCUT2D eigenvalue weighted by atomic mass is 10.2. The molecule has 0 aliphatic rings. The van der Waals surface area contributed by atoms with Gasteiger partial charge in [-0.2, -0.15) is 0 Å². The number of rotatable bonds is 5. The van der Waals surface area contributed by atoms with Gasteiger partial charge < -0.3 is 10.1 Å². The van der Waals surface area contributed by atoms with Crippen LogP contribution in [0.15, 0.2) is 42.5 Å². The van der Waals surface area contributed by atoms with E-state index in [1.165, 1.54) is 23.5 Å². The minimum Gasteiger partial charge on any atom is -0.496 e. The van der Waals surface area contributed by atoms with Gasteiger partial charge in [0.05, 0.1) is 23.9 Å². The highest BCUT2D eigenvalue weighted by atomic mass is 35.5. The first kappa shape index (κ1) is 18.5. The van der Waals surface area contributed by atoms with Crippen molar-refractivity contribution in [2.24, 2.45) is 0 Å². The SMILES string of the molecule is COc1cccc2sc(C(=O)Nc3cc(Cl)cc(NS(C)(=O)=O)c3)cc12. The average molecular weight is 411 g/mol. The van der Waals surface area contributed by atoms with Crippen LogP contribution in [0.5, 0.6) is 5.75 Å². The van der Waals surface area contributed by atoms with E-state index < -0.39 is 10.0 Å². The van der Waals surface area contributed by atoms with Gasteiger partial charge >= 0.3 is 0 Å². The summed E-state index contributed by atoms with van der Waals surface area (Å²) in [6, 6.07) is 11.9. The van der Waals surface area contributed by atoms with Gasteiger partial charge in [-0.25, -0.2) is 8.42 Å². The number of methoxy groups -OCH3 is 1. The van der Waals surface area contributed by atoms with E-state index in [-0.39, 0.29) is 11.6 Å². The number of benzene rings is 2. The molecule has 3 rings (SSSR count). The Bertz CT molecular complexity index is 1090. The third kappa shape index (κ3) is 4.27. The van der Waals surface area contributed by atoms with Crippen LogP contribution in [0.3, 0.4) is 0 Å². The number of ether oxygens (including phenoxy) is 1. The van der Waals surface area contributed by atoms with Crippen LogP contribution in [0, 0.1) is 0 Å². The van der Waals surface area contributed by atoms with Crippen LogP contribution in [-0.4, -0.2) is 27.7 Å². The van der Waals surface area contributed by atoms with Gasteiger partial charge in [0.2, 0.25) is 10.0 Å². The summed E-state index contributed by atoms with van der Waals surface area (Å²) in [5.74, 6) is 0.376. The second-order valence-corrected chi connectivity index (χ2v) is 8.81. The Labute approximate surface area is 159 Å². The molecular weight excluding hydrogens is 396 g/mol. The van der Waals surface area contributed by atoms with E-state index in [0.717, 1.165) is 16.3 Å². The van der Waals surface area contributed by atoms with Gasteiger partial charge in [0.1, 0.15) is 5.75 Å². The van der Waals surface area contributed by atoms with Gasteiger partial charge in [-0.05, 0) is 36.4 Å². The maximum Gasteiger partial charge on any atom is 0.265 e. The summed E-state index contributed by atoms with van der Waals surface area (Å²) in [6.45, 7) is 0. The number of anilines is 2. The van der Waals surface area contributed by atoms with Crippen LogP contribution in [-0.2, 0) is 10.0 Å². The van der Waals surface area contributed by atoms with E-state index in [1.807, 2.05) is 18.2 Å². The number of carbonyl (C=O) groups is 1. The zero-order chi connectivity index (χ0) is 18.9. The maximum atomic E-state index is 12.6. The number of hydrogen-bond donors (Lipinski definition) is 2. The van der Waals surface area contributed by atoms with Crippen molar-refractivity contribution in [3.63, 3.8) is 0 Å². The van der Waals surface area contributed by atoms with Crippen molar-refractivity contribution < 1.29 is 17.9 Å². The van der Waals surface area contributed by atoms with Gasteiger partial charge in [-0.1, -0.05) is 17.7 Å². The summed E-state index contributed by atoms with van der Waals surface area (Å²) in [6.07, 6.45) is 1.04. The summed E-state index contributed by atoms with van der Waals surface area (Å²) in [5.41, 5.74) is 0.659. The van der Waals surface area contributed by atoms with Crippen molar-refractivity contribution >= 4 is 60.3 Å². The average Bonchev–Trinajstić information content (AvgIpc) is 2.96. The second-order valence-electron chi connectivity index (χ2n) is 5.54. The zero-order valence-corrected chi connectivity index (χ0v) is 16.3.